The lowest BCUT2D eigenvalue weighted by molar-refractivity contribution is 0.177. The molecule has 0 spiro atoms. The summed E-state index contributed by atoms with van der Waals surface area (Å²) >= 11 is 12.4. The second kappa shape index (κ2) is 12.6. The Morgan fingerprint density at radius 3 is 2.77 bits per heavy atom. The number of hydrogen-bond acceptors (Lipinski definition) is 9. The molecule has 3 aliphatic heterocycles. The van der Waals surface area contributed by atoms with Crippen LogP contribution in [-0.4, -0.2) is 72.3 Å². The highest BCUT2D eigenvalue weighted by Gasteiger charge is 2.42. The Balaban J connectivity index is 1.19. The molecule has 4 N–H and O–H groups in total. The van der Waals surface area contributed by atoms with Crippen LogP contribution in [0.15, 0.2) is 54.1 Å². The average Bonchev–Trinajstić information content (AvgIpc) is 3.80. The first-order chi connectivity index (χ1) is 21.4. The van der Waals surface area contributed by atoms with E-state index in [1.807, 2.05) is 16.8 Å². The molecule has 3 saturated heterocycles. The van der Waals surface area contributed by atoms with Gasteiger partial charge >= 0.3 is 0 Å². The summed E-state index contributed by atoms with van der Waals surface area (Å²) in [7, 11) is 0. The molecule has 0 amide bonds. The fourth-order valence-corrected chi connectivity index (χ4v) is 7.47. The zero-order valence-electron chi connectivity index (χ0n) is 24.5. The number of benzene rings is 1. The van der Waals surface area contributed by atoms with Gasteiger partial charge in [0.15, 0.2) is 5.15 Å². The van der Waals surface area contributed by atoms with Crippen molar-refractivity contribution >= 4 is 29.0 Å². The normalized spacial score (nSPS) is 27.8. The van der Waals surface area contributed by atoms with Gasteiger partial charge in [0.1, 0.15) is 5.82 Å². The number of rotatable bonds is 4. The maximum absolute atomic E-state index is 13.9. The van der Waals surface area contributed by atoms with Gasteiger partial charge in [-0.2, -0.15) is 0 Å². The number of anilines is 1. The van der Waals surface area contributed by atoms with Gasteiger partial charge in [-0.15, -0.1) is 5.10 Å². The topological polar surface area (TPSA) is 134 Å². The fraction of sp³-hybridized carbons (Fsp3) is 0.500. The van der Waals surface area contributed by atoms with Crippen LogP contribution in [0.3, 0.4) is 0 Å². The summed E-state index contributed by atoms with van der Waals surface area (Å²) < 4.78 is 3.40. The summed E-state index contributed by atoms with van der Waals surface area (Å²) in [6.45, 7) is 5.05. The van der Waals surface area contributed by atoms with Gasteiger partial charge in [0.05, 0.1) is 49.0 Å². The van der Waals surface area contributed by atoms with Crippen LogP contribution >= 0.6 is 23.2 Å². The molecule has 3 aromatic heterocycles. The summed E-state index contributed by atoms with van der Waals surface area (Å²) in [5.74, 6) is 1.94. The first-order valence-electron chi connectivity index (χ1n) is 15.4. The van der Waals surface area contributed by atoms with Gasteiger partial charge < -0.3 is 15.6 Å². The van der Waals surface area contributed by atoms with Crippen molar-refractivity contribution in [2.75, 3.05) is 24.6 Å². The highest BCUT2D eigenvalue weighted by atomic mass is 35.5. The second-order valence-electron chi connectivity index (χ2n) is 12.3. The Hall–Kier alpha value is -3.29. The third kappa shape index (κ3) is 6.01. The van der Waals surface area contributed by atoms with Crippen LogP contribution in [0.1, 0.15) is 45.1 Å². The van der Waals surface area contributed by atoms with E-state index >= 15 is 0 Å². The number of nitrogens with one attached hydrogen (secondary N) is 4. The number of aromatic nitrogens is 7. The molecule has 0 aliphatic carbocycles. The van der Waals surface area contributed by atoms with Crippen molar-refractivity contribution in [3.63, 3.8) is 0 Å². The third-order valence-electron chi connectivity index (χ3n) is 9.41. The molecule has 4 unspecified atom stereocenters. The van der Waals surface area contributed by atoms with Gasteiger partial charge in [-0.1, -0.05) is 41.8 Å². The highest BCUT2D eigenvalue weighted by molar-refractivity contribution is 6.31. The lowest BCUT2D eigenvalue weighted by Gasteiger charge is -2.40. The highest BCUT2D eigenvalue weighted by Crippen LogP contribution is 2.34. The molecule has 232 valence electrons. The van der Waals surface area contributed by atoms with E-state index in [1.54, 1.807) is 41.7 Å². The number of hydrogen-bond donors (Lipinski definition) is 4. The van der Waals surface area contributed by atoms with Crippen molar-refractivity contribution in [2.24, 2.45) is 11.8 Å². The number of hydrazine groups is 1. The molecule has 0 saturated carbocycles. The SMILES string of the molecule is C[C@@H]1CCC[C@H](n2cnc(-c3cc(Cl)ccc3-n3cc(Cl)nn3)cc2=O)C2CC(CCN2)C2NN(c3cnc[nH]3)CC2NC1. The molecule has 7 rings (SSSR count). The van der Waals surface area contributed by atoms with E-state index in [9.17, 15) is 4.79 Å². The van der Waals surface area contributed by atoms with Crippen LogP contribution in [0, 0.1) is 11.8 Å². The molecule has 3 aliphatic rings. The Morgan fingerprint density at radius 2 is 1.98 bits per heavy atom. The molecule has 2 bridgehead atoms. The van der Waals surface area contributed by atoms with E-state index in [0.29, 0.717) is 39.8 Å². The first-order valence-corrected chi connectivity index (χ1v) is 16.1. The van der Waals surface area contributed by atoms with Gasteiger partial charge in [0.2, 0.25) is 0 Å². The summed E-state index contributed by atoms with van der Waals surface area (Å²) in [5, 5.41) is 18.7. The van der Waals surface area contributed by atoms with Crippen LogP contribution in [0.5, 0.6) is 0 Å². The Morgan fingerprint density at radius 1 is 1.07 bits per heavy atom. The molecular weight excluding hydrogens is 601 g/mol. The lowest BCUT2D eigenvalue weighted by atomic mass is 9.80. The largest absolute Gasteiger partial charge is 0.330 e. The minimum Gasteiger partial charge on any atom is -0.330 e. The lowest BCUT2D eigenvalue weighted by Crippen LogP contribution is -2.54. The fourth-order valence-electron chi connectivity index (χ4n) is 7.17. The smallest absolute Gasteiger partial charge is 0.254 e. The molecular formula is C30H37Cl2N11O. The van der Waals surface area contributed by atoms with Crippen molar-refractivity contribution in [1.82, 2.24) is 50.6 Å². The number of H-pyrrole nitrogens is 1. The summed E-state index contributed by atoms with van der Waals surface area (Å²) in [5.41, 5.74) is 5.60. The first kappa shape index (κ1) is 29.4. The predicted molar refractivity (Wildman–Crippen MR) is 170 cm³/mol. The zero-order valence-corrected chi connectivity index (χ0v) is 26.0. The van der Waals surface area contributed by atoms with Crippen molar-refractivity contribution in [3.05, 3.63) is 69.8 Å². The number of halogens is 2. The van der Waals surface area contributed by atoms with Gasteiger partial charge in [0, 0.05) is 34.8 Å². The third-order valence-corrected chi connectivity index (χ3v) is 9.82. The van der Waals surface area contributed by atoms with Gasteiger partial charge in [-0.25, -0.2) is 20.1 Å². The summed E-state index contributed by atoms with van der Waals surface area (Å²) in [6, 6.07) is 7.71. The molecule has 6 heterocycles. The van der Waals surface area contributed by atoms with Crippen molar-refractivity contribution in [3.8, 4) is 16.9 Å². The van der Waals surface area contributed by atoms with E-state index < -0.39 is 0 Å². The Labute approximate surface area is 265 Å². The number of nitrogens with zero attached hydrogens (tertiary/aromatic N) is 7. The van der Waals surface area contributed by atoms with Gasteiger partial charge in [-0.3, -0.25) is 14.4 Å². The molecule has 44 heavy (non-hydrogen) atoms. The molecule has 14 heteroatoms. The van der Waals surface area contributed by atoms with Crippen LogP contribution < -0.4 is 26.6 Å². The molecule has 3 fully saturated rings. The minimum absolute atomic E-state index is 0.0112. The average molecular weight is 639 g/mol. The van der Waals surface area contributed by atoms with Gasteiger partial charge in [-0.05, 0) is 68.8 Å². The minimum atomic E-state index is -0.0874. The van der Waals surface area contributed by atoms with Crippen molar-refractivity contribution in [2.45, 2.75) is 63.2 Å². The summed E-state index contributed by atoms with van der Waals surface area (Å²) in [4.78, 5) is 26.2. The van der Waals surface area contributed by atoms with E-state index in [4.69, 9.17) is 28.2 Å². The quantitative estimate of drug-likeness (QED) is 0.265. The predicted octanol–water partition coefficient (Wildman–Crippen LogP) is 3.60. The standard InChI is InChI=1S/C30H37Cl2N11O/c1-18-3-2-4-26(23-9-19(7-8-34-23)30-24(35-12-18)14-43(39-30)28-13-33-16-36-28)41-17-37-22(11-29(41)44)21-10-20(31)5-6-25(21)42-15-27(32)38-40-42/h5-6,10-11,13,15-19,23-24,26,30,34-35,39H,2-4,7-9,12,14H2,1H3,(H,33,36)/t18-,19?,23?,24?,26+,30?/m1/s1. The second-order valence-corrected chi connectivity index (χ2v) is 13.2. The molecule has 6 atom stereocenters. The molecule has 12 nitrogen and oxygen atoms in total. The number of aromatic amines is 1. The number of imidazole rings is 1. The van der Waals surface area contributed by atoms with E-state index in [0.717, 1.165) is 57.6 Å². The summed E-state index contributed by atoms with van der Waals surface area (Å²) in [6.07, 6.45) is 12.0. The van der Waals surface area contributed by atoms with E-state index in [1.165, 1.54) is 0 Å². The Kier molecular flexibility index (Phi) is 8.43. The Bertz CT molecular complexity index is 1640. The van der Waals surface area contributed by atoms with E-state index in [-0.39, 0.29) is 28.8 Å². The number of fused-ring (bicyclic) bond motifs is 4. The van der Waals surface area contributed by atoms with Gasteiger partial charge in [0.25, 0.3) is 5.56 Å². The number of piperidine rings is 1. The van der Waals surface area contributed by atoms with Crippen LogP contribution in [0.25, 0.3) is 16.9 Å². The van der Waals surface area contributed by atoms with Crippen molar-refractivity contribution in [1.29, 1.82) is 0 Å². The van der Waals surface area contributed by atoms with Crippen LogP contribution in [0.2, 0.25) is 10.2 Å². The van der Waals surface area contributed by atoms with E-state index in [2.05, 4.69) is 48.3 Å². The molecule has 0 radical (unpaired) electrons. The van der Waals surface area contributed by atoms with Crippen LogP contribution in [0.4, 0.5) is 5.82 Å². The van der Waals surface area contributed by atoms with Crippen molar-refractivity contribution < 1.29 is 0 Å². The van der Waals surface area contributed by atoms with Crippen LogP contribution in [-0.2, 0) is 0 Å². The zero-order chi connectivity index (χ0) is 30.2. The maximum Gasteiger partial charge on any atom is 0.254 e. The monoisotopic (exact) mass is 637 g/mol. The molecule has 1 aromatic carbocycles. The molecule has 4 aromatic rings. The maximum atomic E-state index is 13.9.